The second kappa shape index (κ2) is 14.1. The average molecular weight is 382 g/mol. The Morgan fingerprint density at radius 1 is 0.769 bits per heavy atom. The maximum atomic E-state index is 12.6. The summed E-state index contributed by atoms with van der Waals surface area (Å²) >= 11 is 0. The van der Waals surface area contributed by atoms with Crippen LogP contribution in [-0.2, 0) is 28.4 Å². The molecule has 26 heavy (non-hydrogen) atoms. The van der Waals surface area contributed by atoms with Crippen molar-refractivity contribution in [1.29, 1.82) is 0 Å². The lowest BCUT2D eigenvalue weighted by Gasteiger charge is -2.27. The van der Waals surface area contributed by atoms with Crippen LogP contribution < -0.4 is 0 Å². The minimum Gasteiger partial charge on any atom is -0.394 e. The smallest absolute Gasteiger partial charge is 0.328 e. The molecular formula is C15H30N2O9. The molecule has 0 aromatic carbocycles. The molecule has 0 aliphatic carbocycles. The molecule has 1 heterocycles. The van der Waals surface area contributed by atoms with E-state index in [1.54, 1.807) is 0 Å². The molecular weight excluding hydrogens is 352 g/mol. The third-order valence-corrected chi connectivity index (χ3v) is 3.39. The van der Waals surface area contributed by atoms with Crippen LogP contribution in [0.15, 0.2) is 0 Å². The van der Waals surface area contributed by atoms with Gasteiger partial charge in [0.15, 0.2) is 12.5 Å². The Morgan fingerprint density at radius 3 is 1.54 bits per heavy atom. The molecule has 2 amide bonds. The first-order valence-corrected chi connectivity index (χ1v) is 8.36. The fourth-order valence-electron chi connectivity index (χ4n) is 2.36. The van der Waals surface area contributed by atoms with Gasteiger partial charge in [-0.2, -0.15) is 0 Å². The number of carbonyl (C=O) groups is 1. The topological polar surface area (TPSA) is 119 Å². The minimum absolute atomic E-state index is 0.0298. The van der Waals surface area contributed by atoms with E-state index in [1.807, 2.05) is 0 Å². The van der Waals surface area contributed by atoms with E-state index in [1.165, 1.54) is 24.0 Å². The predicted molar refractivity (Wildman–Crippen MR) is 88.1 cm³/mol. The first kappa shape index (κ1) is 23.0. The second-order valence-electron chi connectivity index (χ2n) is 5.25. The zero-order valence-corrected chi connectivity index (χ0v) is 15.4. The minimum atomic E-state index is -0.715. The number of urea groups is 1. The lowest BCUT2D eigenvalue weighted by molar-refractivity contribution is -0.166. The van der Waals surface area contributed by atoms with E-state index in [4.69, 9.17) is 38.6 Å². The van der Waals surface area contributed by atoms with Crippen LogP contribution in [0.4, 0.5) is 4.79 Å². The highest BCUT2D eigenvalue weighted by molar-refractivity contribution is 5.77. The Labute approximate surface area is 153 Å². The van der Waals surface area contributed by atoms with Gasteiger partial charge in [0.1, 0.15) is 13.5 Å². The van der Waals surface area contributed by atoms with Crippen LogP contribution in [0, 0.1) is 0 Å². The quantitative estimate of drug-likeness (QED) is 0.312. The fraction of sp³-hybridized carbons (Fsp3) is 0.933. The van der Waals surface area contributed by atoms with Crippen LogP contribution in [0.1, 0.15) is 0 Å². The van der Waals surface area contributed by atoms with Gasteiger partial charge in [0.25, 0.3) is 0 Å². The van der Waals surface area contributed by atoms with Crippen molar-refractivity contribution in [2.24, 2.45) is 0 Å². The summed E-state index contributed by atoms with van der Waals surface area (Å²) in [4.78, 5) is 15.4. The lowest BCUT2D eigenvalue weighted by atomic mass is 10.4. The number of methoxy groups -OCH3 is 2. The summed E-state index contributed by atoms with van der Waals surface area (Å²) in [6.45, 7) is 1.30. The summed E-state index contributed by atoms with van der Waals surface area (Å²) in [5, 5.41) is 17.4. The summed E-state index contributed by atoms with van der Waals surface area (Å²) in [6, 6.07) is -0.337. The number of rotatable bonds is 16. The van der Waals surface area contributed by atoms with Crippen molar-refractivity contribution in [3.63, 3.8) is 0 Å². The molecule has 0 saturated carbocycles. The van der Waals surface area contributed by atoms with Crippen molar-refractivity contribution in [3.05, 3.63) is 0 Å². The summed E-state index contributed by atoms with van der Waals surface area (Å²) < 4.78 is 32.0. The highest BCUT2D eigenvalue weighted by Gasteiger charge is 2.47. The largest absolute Gasteiger partial charge is 0.394 e. The van der Waals surface area contributed by atoms with Gasteiger partial charge in [-0.3, -0.25) is 9.80 Å². The Hall–Kier alpha value is -1.05. The zero-order valence-electron chi connectivity index (χ0n) is 15.4. The summed E-state index contributed by atoms with van der Waals surface area (Å²) in [5.74, 6) is 0. The first-order chi connectivity index (χ1) is 12.7. The van der Waals surface area contributed by atoms with E-state index in [0.29, 0.717) is 0 Å². The van der Waals surface area contributed by atoms with E-state index in [2.05, 4.69) is 0 Å². The SMILES string of the molecule is COCN1C(=O)N(COC)C(OCCOCCO)C1OCCOCCO. The van der Waals surface area contributed by atoms with Crippen molar-refractivity contribution in [2.75, 3.05) is 80.5 Å². The van der Waals surface area contributed by atoms with Crippen LogP contribution in [0.3, 0.4) is 0 Å². The molecule has 1 saturated heterocycles. The molecule has 2 unspecified atom stereocenters. The van der Waals surface area contributed by atoms with Crippen LogP contribution in [0.25, 0.3) is 0 Å². The average Bonchev–Trinajstić information content (AvgIpc) is 2.87. The van der Waals surface area contributed by atoms with E-state index in [0.717, 1.165) is 0 Å². The second-order valence-corrected chi connectivity index (χ2v) is 5.25. The molecule has 1 rings (SSSR count). The van der Waals surface area contributed by atoms with Gasteiger partial charge in [-0.15, -0.1) is 0 Å². The molecule has 0 spiro atoms. The number of hydrogen-bond donors (Lipinski definition) is 2. The van der Waals surface area contributed by atoms with Crippen molar-refractivity contribution >= 4 is 6.03 Å². The molecule has 0 bridgehead atoms. The van der Waals surface area contributed by atoms with Crippen LogP contribution in [0.5, 0.6) is 0 Å². The molecule has 0 aromatic rings. The number of amides is 2. The Bertz CT molecular complexity index is 343. The Kier molecular flexibility index (Phi) is 12.4. The van der Waals surface area contributed by atoms with E-state index < -0.39 is 12.5 Å². The normalized spacial score (nSPS) is 20.4. The van der Waals surface area contributed by atoms with Gasteiger partial charge >= 0.3 is 6.03 Å². The molecule has 2 atom stereocenters. The summed E-state index contributed by atoms with van der Waals surface area (Å²) in [6.07, 6.45) is -1.43. The van der Waals surface area contributed by atoms with Gasteiger partial charge in [-0.25, -0.2) is 4.79 Å². The first-order valence-electron chi connectivity index (χ1n) is 8.36. The van der Waals surface area contributed by atoms with Gasteiger partial charge in [-0.1, -0.05) is 0 Å². The van der Waals surface area contributed by atoms with Crippen LogP contribution in [-0.4, -0.2) is 119 Å². The van der Waals surface area contributed by atoms with Gasteiger partial charge in [-0.05, 0) is 0 Å². The molecule has 0 aromatic heterocycles. The molecule has 1 aliphatic rings. The molecule has 154 valence electrons. The molecule has 1 aliphatic heterocycles. The summed E-state index contributed by atoms with van der Waals surface area (Å²) in [7, 11) is 2.96. The van der Waals surface area contributed by atoms with Crippen molar-refractivity contribution in [2.45, 2.75) is 12.5 Å². The number of ether oxygens (including phenoxy) is 6. The van der Waals surface area contributed by atoms with Gasteiger partial charge in [0.05, 0.1) is 52.9 Å². The molecule has 11 heteroatoms. The van der Waals surface area contributed by atoms with Crippen molar-refractivity contribution < 1.29 is 43.4 Å². The monoisotopic (exact) mass is 382 g/mol. The van der Waals surface area contributed by atoms with Gasteiger partial charge < -0.3 is 38.6 Å². The van der Waals surface area contributed by atoms with E-state index >= 15 is 0 Å². The highest BCUT2D eigenvalue weighted by Crippen LogP contribution is 2.25. The summed E-state index contributed by atoms with van der Waals surface area (Å²) in [5.41, 5.74) is 0. The maximum Gasteiger partial charge on any atom is 0.328 e. The molecule has 1 fully saturated rings. The number of aliphatic hydroxyl groups is 2. The molecule has 0 radical (unpaired) electrons. The number of aliphatic hydroxyl groups excluding tert-OH is 2. The third-order valence-electron chi connectivity index (χ3n) is 3.39. The molecule has 2 N–H and O–H groups in total. The number of hydrogen-bond acceptors (Lipinski definition) is 9. The van der Waals surface area contributed by atoms with Gasteiger partial charge in [0, 0.05) is 14.2 Å². The zero-order chi connectivity index (χ0) is 19.2. The number of nitrogens with zero attached hydrogens (tertiary/aromatic N) is 2. The fourth-order valence-corrected chi connectivity index (χ4v) is 2.36. The third kappa shape index (κ3) is 7.29. The van der Waals surface area contributed by atoms with Crippen LogP contribution >= 0.6 is 0 Å². The van der Waals surface area contributed by atoms with E-state index in [9.17, 15) is 4.79 Å². The maximum absolute atomic E-state index is 12.6. The number of carbonyl (C=O) groups excluding carboxylic acids is 1. The molecule has 11 nitrogen and oxygen atoms in total. The Morgan fingerprint density at radius 2 is 1.19 bits per heavy atom. The van der Waals surface area contributed by atoms with Crippen LogP contribution in [0.2, 0.25) is 0 Å². The standard InChI is InChI=1S/C15H30N2O9/c1-21-11-16-13(25-9-7-23-5-3-18)14(17(12-22-2)15(16)20)26-10-8-24-6-4-19/h13-14,18-19H,3-12H2,1-2H3. The highest BCUT2D eigenvalue weighted by atomic mass is 16.6. The van der Waals surface area contributed by atoms with Gasteiger partial charge in [0.2, 0.25) is 0 Å². The van der Waals surface area contributed by atoms with Crippen molar-refractivity contribution in [1.82, 2.24) is 9.80 Å². The predicted octanol–water partition coefficient (Wildman–Crippen LogP) is -1.36. The van der Waals surface area contributed by atoms with E-state index in [-0.39, 0.29) is 72.3 Å². The lowest BCUT2D eigenvalue weighted by Crippen LogP contribution is -2.43. The van der Waals surface area contributed by atoms with Crippen molar-refractivity contribution in [3.8, 4) is 0 Å². The Balaban J connectivity index is 2.68.